The first-order chi connectivity index (χ1) is 13.9. The van der Waals surface area contributed by atoms with Gasteiger partial charge in [-0.15, -0.1) is 0 Å². The standard InChI is InChI=1S/C25H36O4/c1-22-10-7-19-18-8-11-24(28-2,29-3)15-17(18)5-6-20(19)21(22)16-23(12-13-23)25(22,27)9-4-14-26/h19-21,26-27H,5-8,10-16H2,1-3H3/t19?,20?,21?,22-,25+/m0/s1. The van der Waals surface area contributed by atoms with Crippen LogP contribution < -0.4 is 0 Å². The molecule has 0 aromatic rings. The molecule has 0 aliphatic heterocycles. The number of ether oxygens (including phenoxy) is 2. The normalized spacial score (nSPS) is 43.8. The molecular weight excluding hydrogens is 364 g/mol. The number of aliphatic hydroxyl groups excluding tert-OH is 1. The van der Waals surface area contributed by atoms with Gasteiger partial charge in [-0.25, -0.2) is 0 Å². The number of aliphatic hydroxyl groups is 2. The Bertz CT molecular complexity index is 780. The number of rotatable bonds is 2. The molecule has 0 aromatic heterocycles. The minimum Gasteiger partial charge on any atom is -0.384 e. The van der Waals surface area contributed by atoms with Crippen LogP contribution in [0.25, 0.3) is 0 Å². The summed E-state index contributed by atoms with van der Waals surface area (Å²) in [5, 5.41) is 21.2. The molecule has 2 N–H and O–H groups in total. The topological polar surface area (TPSA) is 58.9 Å². The summed E-state index contributed by atoms with van der Waals surface area (Å²) in [7, 11) is 3.54. The van der Waals surface area contributed by atoms with E-state index in [1.807, 2.05) is 0 Å². The van der Waals surface area contributed by atoms with E-state index in [1.165, 1.54) is 6.42 Å². The molecule has 0 radical (unpaired) electrons. The highest BCUT2D eigenvalue weighted by atomic mass is 16.7. The highest BCUT2D eigenvalue weighted by molar-refractivity contribution is 5.37. The molecule has 4 heteroatoms. The van der Waals surface area contributed by atoms with E-state index in [-0.39, 0.29) is 17.4 Å². The van der Waals surface area contributed by atoms with Crippen LogP contribution in [0.1, 0.15) is 71.1 Å². The largest absolute Gasteiger partial charge is 0.384 e. The molecule has 0 bridgehead atoms. The monoisotopic (exact) mass is 400 g/mol. The van der Waals surface area contributed by atoms with Crippen molar-refractivity contribution in [3.8, 4) is 11.8 Å². The molecule has 1 spiro atoms. The van der Waals surface area contributed by atoms with Crippen LogP contribution in [0.3, 0.4) is 0 Å². The minimum atomic E-state index is -0.930. The lowest BCUT2D eigenvalue weighted by molar-refractivity contribution is -0.213. The molecule has 0 saturated heterocycles. The van der Waals surface area contributed by atoms with Gasteiger partial charge in [0.05, 0.1) is 0 Å². The highest BCUT2D eigenvalue weighted by Crippen LogP contribution is 2.76. The summed E-state index contributed by atoms with van der Waals surface area (Å²) in [5.74, 6) is 7.45. The van der Waals surface area contributed by atoms with Crippen molar-refractivity contribution < 1.29 is 19.7 Å². The third kappa shape index (κ3) is 2.54. The lowest BCUT2D eigenvalue weighted by Crippen LogP contribution is -2.53. The quantitative estimate of drug-likeness (QED) is 0.420. The van der Waals surface area contributed by atoms with Crippen molar-refractivity contribution in [3.05, 3.63) is 11.1 Å². The van der Waals surface area contributed by atoms with E-state index in [1.54, 1.807) is 25.4 Å². The van der Waals surface area contributed by atoms with Crippen molar-refractivity contribution in [1.29, 1.82) is 0 Å². The summed E-state index contributed by atoms with van der Waals surface area (Å²) >= 11 is 0. The number of allylic oxidation sites excluding steroid dienone is 1. The van der Waals surface area contributed by atoms with Gasteiger partial charge in [0.1, 0.15) is 12.2 Å². The van der Waals surface area contributed by atoms with Crippen molar-refractivity contribution in [1.82, 2.24) is 0 Å². The van der Waals surface area contributed by atoms with Crippen molar-refractivity contribution in [3.63, 3.8) is 0 Å². The van der Waals surface area contributed by atoms with Crippen LogP contribution in [0.2, 0.25) is 0 Å². The van der Waals surface area contributed by atoms with Gasteiger partial charge >= 0.3 is 0 Å². The molecule has 160 valence electrons. The third-order valence-corrected chi connectivity index (χ3v) is 9.92. The molecule has 5 aliphatic carbocycles. The fraction of sp³-hybridized carbons (Fsp3) is 0.840. The zero-order chi connectivity index (χ0) is 20.5. The Morgan fingerprint density at radius 2 is 1.83 bits per heavy atom. The molecular formula is C25H36O4. The van der Waals surface area contributed by atoms with E-state index in [0.29, 0.717) is 17.8 Å². The second-order valence-electron chi connectivity index (χ2n) is 10.7. The third-order valence-electron chi connectivity index (χ3n) is 9.92. The summed E-state index contributed by atoms with van der Waals surface area (Å²) in [5.41, 5.74) is 2.17. The molecule has 29 heavy (non-hydrogen) atoms. The minimum absolute atomic E-state index is 0.0219. The van der Waals surface area contributed by atoms with Crippen LogP contribution in [0, 0.1) is 40.4 Å². The van der Waals surface area contributed by atoms with Crippen molar-refractivity contribution >= 4 is 0 Å². The van der Waals surface area contributed by atoms with Gasteiger partial charge in [-0.05, 0) is 69.1 Å². The number of hydrogen-bond donors (Lipinski definition) is 2. The maximum atomic E-state index is 11.9. The first-order valence-corrected chi connectivity index (χ1v) is 11.5. The lowest BCUT2D eigenvalue weighted by Gasteiger charge is -2.54. The van der Waals surface area contributed by atoms with Gasteiger partial charge in [-0.3, -0.25) is 0 Å². The van der Waals surface area contributed by atoms with E-state index in [4.69, 9.17) is 9.47 Å². The van der Waals surface area contributed by atoms with Crippen molar-refractivity contribution in [2.24, 2.45) is 28.6 Å². The van der Waals surface area contributed by atoms with E-state index < -0.39 is 11.4 Å². The molecule has 0 aromatic carbocycles. The first-order valence-electron chi connectivity index (χ1n) is 11.5. The summed E-state index contributed by atoms with van der Waals surface area (Å²) < 4.78 is 11.5. The van der Waals surface area contributed by atoms with Crippen LogP contribution in [0.4, 0.5) is 0 Å². The summed E-state index contributed by atoms with van der Waals surface area (Å²) in [4.78, 5) is 0. The molecule has 4 nitrogen and oxygen atoms in total. The lowest BCUT2D eigenvalue weighted by atomic mass is 9.52. The molecule has 0 heterocycles. The molecule has 5 aliphatic rings. The Kier molecular flexibility index (Phi) is 4.54. The van der Waals surface area contributed by atoms with Gasteiger partial charge in [0.15, 0.2) is 5.79 Å². The van der Waals surface area contributed by atoms with Gasteiger partial charge in [-0.1, -0.05) is 29.9 Å². The van der Waals surface area contributed by atoms with Crippen LogP contribution in [-0.2, 0) is 9.47 Å². The fourth-order valence-corrected chi connectivity index (χ4v) is 8.10. The zero-order valence-electron chi connectivity index (χ0n) is 18.2. The zero-order valence-corrected chi connectivity index (χ0v) is 18.2. The fourth-order valence-electron chi connectivity index (χ4n) is 8.10. The van der Waals surface area contributed by atoms with Gasteiger partial charge in [0.2, 0.25) is 0 Å². The Morgan fingerprint density at radius 1 is 1.07 bits per heavy atom. The maximum absolute atomic E-state index is 11.9. The summed E-state index contributed by atoms with van der Waals surface area (Å²) in [6.45, 7) is 2.14. The van der Waals surface area contributed by atoms with Gasteiger partial charge in [-0.2, -0.15) is 0 Å². The van der Waals surface area contributed by atoms with Crippen LogP contribution in [-0.4, -0.2) is 42.4 Å². The van der Waals surface area contributed by atoms with Crippen LogP contribution >= 0.6 is 0 Å². The smallest absolute Gasteiger partial charge is 0.171 e. The Morgan fingerprint density at radius 3 is 2.48 bits per heavy atom. The average Bonchev–Trinajstić information content (AvgIpc) is 3.50. The molecule has 3 unspecified atom stereocenters. The number of methoxy groups -OCH3 is 2. The molecule has 3 fully saturated rings. The first kappa shape index (κ1) is 20.1. The van der Waals surface area contributed by atoms with E-state index in [2.05, 4.69) is 18.8 Å². The highest BCUT2D eigenvalue weighted by Gasteiger charge is 2.75. The SMILES string of the molecule is COC1(OC)CCC2=C(CCC3C2CC[C@@]2(C)C3CC3(CC3)[C@@]2(O)C#CCO)C1. The van der Waals surface area contributed by atoms with Gasteiger partial charge in [0.25, 0.3) is 0 Å². The molecule has 5 atom stereocenters. The predicted molar refractivity (Wildman–Crippen MR) is 111 cm³/mol. The van der Waals surface area contributed by atoms with Gasteiger partial charge in [0, 0.05) is 37.9 Å². The van der Waals surface area contributed by atoms with Crippen LogP contribution in [0.15, 0.2) is 11.1 Å². The van der Waals surface area contributed by atoms with Crippen molar-refractivity contribution in [2.75, 3.05) is 20.8 Å². The average molecular weight is 401 g/mol. The Balaban J connectivity index is 1.47. The number of hydrogen-bond acceptors (Lipinski definition) is 4. The van der Waals surface area contributed by atoms with Crippen LogP contribution in [0.5, 0.6) is 0 Å². The van der Waals surface area contributed by atoms with E-state index >= 15 is 0 Å². The van der Waals surface area contributed by atoms with Gasteiger partial charge < -0.3 is 19.7 Å². The van der Waals surface area contributed by atoms with Crippen molar-refractivity contribution in [2.45, 2.75) is 82.5 Å². The summed E-state index contributed by atoms with van der Waals surface area (Å²) in [6, 6.07) is 0. The van der Waals surface area contributed by atoms with E-state index in [0.717, 1.165) is 57.8 Å². The predicted octanol–water partition coefficient (Wildman–Crippen LogP) is 3.81. The molecule has 5 rings (SSSR count). The Labute approximate surface area is 175 Å². The molecule has 0 amide bonds. The second-order valence-corrected chi connectivity index (χ2v) is 10.7. The van der Waals surface area contributed by atoms with E-state index in [9.17, 15) is 10.2 Å². The molecule has 3 saturated carbocycles. The number of fused-ring (bicyclic) bond motifs is 4. The summed E-state index contributed by atoms with van der Waals surface area (Å²) in [6.07, 6.45) is 10.8. The second kappa shape index (κ2) is 6.57. The Hall–Kier alpha value is -0.860. The maximum Gasteiger partial charge on any atom is 0.171 e.